The van der Waals surface area contributed by atoms with Crippen LogP contribution in [-0.4, -0.2) is 31.8 Å². The molecule has 3 amide bonds. The summed E-state index contributed by atoms with van der Waals surface area (Å²) in [5.41, 5.74) is 9.64. The van der Waals surface area contributed by atoms with E-state index in [0.29, 0.717) is 5.56 Å². The number of halogens is 1. The number of carbonyl (C=O) groups excluding carboxylic acids is 3. The summed E-state index contributed by atoms with van der Waals surface area (Å²) in [5, 5.41) is 2.66. The first-order valence-electron chi connectivity index (χ1n) is 11.0. The van der Waals surface area contributed by atoms with Crippen molar-refractivity contribution in [2.45, 2.75) is 18.4 Å². The Balaban J connectivity index is 1.32. The summed E-state index contributed by atoms with van der Waals surface area (Å²) < 4.78 is 11.0. The van der Waals surface area contributed by atoms with Crippen LogP contribution < -0.4 is 16.2 Å². The van der Waals surface area contributed by atoms with Crippen LogP contribution in [0.5, 0.6) is 0 Å². The third-order valence-corrected chi connectivity index (χ3v) is 6.33. The lowest BCUT2D eigenvalue weighted by Gasteiger charge is -2.19. The van der Waals surface area contributed by atoms with E-state index in [0.717, 1.165) is 26.7 Å². The molecule has 0 fully saturated rings. The molecule has 1 aliphatic carbocycles. The number of hydrazine groups is 1. The fourth-order valence-corrected chi connectivity index (χ4v) is 4.40. The van der Waals surface area contributed by atoms with Crippen molar-refractivity contribution in [3.8, 4) is 11.1 Å². The van der Waals surface area contributed by atoms with Crippen molar-refractivity contribution in [3.05, 3.63) is 94.0 Å². The molecule has 9 heteroatoms. The van der Waals surface area contributed by atoms with E-state index >= 15 is 0 Å². The van der Waals surface area contributed by atoms with Crippen LogP contribution in [0.25, 0.3) is 11.1 Å². The fraction of sp³-hybridized carbons (Fsp3) is 0.192. The maximum absolute atomic E-state index is 12.4. The van der Waals surface area contributed by atoms with E-state index in [1.165, 1.54) is 7.11 Å². The average Bonchev–Trinajstić information content (AvgIpc) is 3.20. The lowest BCUT2D eigenvalue weighted by Crippen LogP contribution is -2.48. The van der Waals surface area contributed by atoms with Crippen LogP contribution in [0.4, 0.5) is 9.59 Å². The van der Waals surface area contributed by atoms with E-state index in [2.05, 4.69) is 44.2 Å². The van der Waals surface area contributed by atoms with Crippen LogP contribution in [0, 0.1) is 0 Å². The topological polar surface area (TPSA) is 106 Å². The third kappa shape index (κ3) is 5.81. The highest BCUT2D eigenvalue weighted by molar-refractivity contribution is 9.10. The minimum absolute atomic E-state index is 0.0729. The van der Waals surface area contributed by atoms with Crippen molar-refractivity contribution in [1.82, 2.24) is 16.2 Å². The Morgan fingerprint density at radius 1 is 0.886 bits per heavy atom. The van der Waals surface area contributed by atoms with Gasteiger partial charge in [-0.05, 0) is 39.9 Å². The molecule has 0 saturated heterocycles. The van der Waals surface area contributed by atoms with Gasteiger partial charge in [-0.2, -0.15) is 0 Å². The molecule has 0 heterocycles. The molecule has 0 aliphatic heterocycles. The number of rotatable bonds is 6. The number of fused-ring (bicyclic) bond motifs is 3. The second-order valence-electron chi connectivity index (χ2n) is 7.93. The molecule has 1 atom stereocenters. The Kier molecular flexibility index (Phi) is 7.67. The van der Waals surface area contributed by atoms with Gasteiger partial charge in [0.2, 0.25) is 0 Å². The maximum atomic E-state index is 12.4. The summed E-state index contributed by atoms with van der Waals surface area (Å²) in [6, 6.07) is 21.8. The highest BCUT2D eigenvalue weighted by atomic mass is 79.9. The van der Waals surface area contributed by atoms with Gasteiger partial charge in [0.25, 0.3) is 0 Å². The number of hydrogen-bond acceptors (Lipinski definition) is 5. The summed E-state index contributed by atoms with van der Waals surface area (Å²) >= 11 is 3.36. The van der Waals surface area contributed by atoms with E-state index in [4.69, 9.17) is 9.47 Å². The molecule has 4 rings (SSSR count). The molecule has 35 heavy (non-hydrogen) atoms. The molecule has 3 aromatic carbocycles. The Labute approximate surface area is 211 Å². The summed E-state index contributed by atoms with van der Waals surface area (Å²) in [7, 11) is 1.28. The molecule has 180 valence electrons. The number of methoxy groups -OCH3 is 1. The lowest BCUT2D eigenvalue weighted by molar-refractivity contribution is -0.141. The highest BCUT2D eigenvalue weighted by Gasteiger charge is 2.29. The van der Waals surface area contributed by atoms with Crippen molar-refractivity contribution < 1.29 is 23.9 Å². The van der Waals surface area contributed by atoms with Crippen LogP contribution in [0.2, 0.25) is 0 Å². The molecule has 0 aromatic heterocycles. The molecule has 1 unspecified atom stereocenters. The zero-order valence-electron chi connectivity index (χ0n) is 18.9. The third-order valence-electron chi connectivity index (χ3n) is 5.80. The van der Waals surface area contributed by atoms with Gasteiger partial charge in [0.05, 0.1) is 19.6 Å². The Morgan fingerprint density at radius 2 is 1.49 bits per heavy atom. The fourth-order valence-electron chi connectivity index (χ4n) is 4.13. The number of carbonyl (C=O) groups is 3. The normalized spacial score (nSPS) is 12.6. The number of urea groups is 1. The molecule has 1 aliphatic rings. The summed E-state index contributed by atoms with van der Waals surface area (Å²) in [6.07, 6.45) is -0.869. The van der Waals surface area contributed by atoms with Crippen molar-refractivity contribution in [1.29, 1.82) is 0 Å². The van der Waals surface area contributed by atoms with Crippen molar-refractivity contribution in [2.75, 3.05) is 13.7 Å². The quantitative estimate of drug-likeness (QED) is 0.309. The number of amides is 3. The predicted molar refractivity (Wildman–Crippen MR) is 133 cm³/mol. The van der Waals surface area contributed by atoms with Gasteiger partial charge in [-0.15, -0.1) is 0 Å². The van der Waals surface area contributed by atoms with Crippen molar-refractivity contribution in [2.24, 2.45) is 0 Å². The van der Waals surface area contributed by atoms with E-state index in [9.17, 15) is 14.4 Å². The lowest BCUT2D eigenvalue weighted by atomic mass is 9.98. The number of benzene rings is 3. The molecule has 3 N–H and O–H groups in total. The van der Waals surface area contributed by atoms with Crippen molar-refractivity contribution in [3.63, 3.8) is 0 Å². The monoisotopic (exact) mass is 537 g/mol. The van der Waals surface area contributed by atoms with Crippen LogP contribution in [0.1, 0.15) is 35.1 Å². The number of nitrogens with one attached hydrogen (secondary N) is 3. The SMILES string of the molecule is COC(=O)CC(NC(=O)NNC(=O)OCC1c2ccccc2-c2ccccc21)c1ccc(Br)cc1. The van der Waals surface area contributed by atoms with E-state index < -0.39 is 24.1 Å². The Morgan fingerprint density at radius 3 is 2.09 bits per heavy atom. The highest BCUT2D eigenvalue weighted by Crippen LogP contribution is 2.44. The van der Waals surface area contributed by atoms with Gasteiger partial charge in [-0.1, -0.05) is 76.6 Å². The maximum Gasteiger partial charge on any atom is 0.426 e. The first kappa shape index (κ1) is 24.3. The smallest absolute Gasteiger partial charge is 0.426 e. The molecule has 0 spiro atoms. The van der Waals surface area contributed by atoms with Gasteiger partial charge >= 0.3 is 18.1 Å². The van der Waals surface area contributed by atoms with Crippen LogP contribution in [0.15, 0.2) is 77.3 Å². The van der Waals surface area contributed by atoms with Crippen molar-refractivity contribution >= 4 is 34.0 Å². The number of hydrogen-bond donors (Lipinski definition) is 3. The standard InChI is InChI=1S/C26H24BrN3O5/c1-34-24(31)14-23(16-10-12-17(27)13-11-16)28-25(32)29-30-26(33)35-15-22-20-8-4-2-6-18(20)19-7-3-5-9-21(19)22/h2-13,22-23H,14-15H2,1H3,(H,30,33)(H2,28,29,32). The molecule has 0 saturated carbocycles. The van der Waals surface area contributed by atoms with Gasteiger partial charge in [0, 0.05) is 10.4 Å². The molecule has 0 bridgehead atoms. The zero-order valence-corrected chi connectivity index (χ0v) is 20.5. The van der Waals surface area contributed by atoms with Gasteiger partial charge in [0.15, 0.2) is 0 Å². The van der Waals surface area contributed by atoms with Gasteiger partial charge in [0.1, 0.15) is 6.61 Å². The second-order valence-corrected chi connectivity index (χ2v) is 8.85. The summed E-state index contributed by atoms with van der Waals surface area (Å²) in [5.74, 6) is -0.577. The predicted octanol–water partition coefficient (Wildman–Crippen LogP) is 4.81. The van der Waals surface area contributed by atoms with Crippen LogP contribution in [-0.2, 0) is 14.3 Å². The summed E-state index contributed by atoms with van der Waals surface area (Å²) in [6.45, 7) is 0.118. The average molecular weight is 538 g/mol. The van der Waals surface area contributed by atoms with Gasteiger partial charge < -0.3 is 14.8 Å². The molecule has 8 nitrogen and oxygen atoms in total. The first-order valence-corrected chi connectivity index (χ1v) is 11.8. The number of esters is 1. The molecular weight excluding hydrogens is 514 g/mol. The van der Waals surface area contributed by atoms with Gasteiger partial charge in [-0.25, -0.2) is 20.4 Å². The molecular formula is C26H24BrN3O5. The van der Waals surface area contributed by atoms with Crippen LogP contribution >= 0.6 is 15.9 Å². The zero-order chi connectivity index (χ0) is 24.8. The molecule has 3 aromatic rings. The van der Waals surface area contributed by atoms with E-state index in [-0.39, 0.29) is 18.9 Å². The van der Waals surface area contributed by atoms with E-state index in [1.54, 1.807) is 24.3 Å². The minimum Gasteiger partial charge on any atom is -0.469 e. The van der Waals surface area contributed by atoms with Gasteiger partial charge in [-0.3, -0.25) is 4.79 Å². The Hall–Kier alpha value is -3.85. The number of ether oxygens (including phenoxy) is 2. The van der Waals surface area contributed by atoms with E-state index in [1.807, 2.05) is 36.4 Å². The minimum atomic E-state index is -0.796. The van der Waals surface area contributed by atoms with Crippen LogP contribution in [0.3, 0.4) is 0 Å². The largest absolute Gasteiger partial charge is 0.469 e. The molecule has 0 radical (unpaired) electrons. The first-order chi connectivity index (χ1) is 17.0. The second kappa shape index (κ2) is 11.1. The summed E-state index contributed by atoms with van der Waals surface area (Å²) in [4.78, 5) is 36.5. The Bertz CT molecular complexity index is 1190.